The van der Waals surface area contributed by atoms with Crippen LogP contribution >= 0.6 is 0 Å². The van der Waals surface area contributed by atoms with E-state index in [-0.39, 0.29) is 24.1 Å². The van der Waals surface area contributed by atoms with E-state index in [1.807, 2.05) is 0 Å². The van der Waals surface area contributed by atoms with Crippen molar-refractivity contribution in [1.82, 2.24) is 9.88 Å². The fraction of sp³-hybridized carbons (Fsp3) is 0.455. The Labute approximate surface area is 181 Å². The van der Waals surface area contributed by atoms with Gasteiger partial charge in [-0.05, 0) is 42.2 Å². The van der Waals surface area contributed by atoms with Crippen LogP contribution in [0.4, 0.5) is 32.0 Å². The maximum absolute atomic E-state index is 14.0. The highest BCUT2D eigenvalue weighted by Crippen LogP contribution is 2.38. The molecule has 1 N–H and O–H groups in total. The van der Waals surface area contributed by atoms with E-state index >= 15 is 0 Å². The highest BCUT2D eigenvalue weighted by Gasteiger charge is 2.47. The maximum Gasteiger partial charge on any atom is 0.414 e. The highest BCUT2D eigenvalue weighted by atomic mass is 19.4. The van der Waals surface area contributed by atoms with E-state index in [1.165, 1.54) is 33.0 Å². The highest BCUT2D eigenvalue weighted by molar-refractivity contribution is 5.81. The number of amides is 1. The number of halogens is 6. The SMILES string of the molecule is CN(C(=O)C(C)(C)C)C(c1ccc(NC2Cc3cc(F)c(F)c(F)c3C2)cn1)C(F)(F)F. The summed E-state index contributed by atoms with van der Waals surface area (Å²) in [7, 11) is 1.09. The predicted octanol–water partition coefficient (Wildman–Crippen LogP) is 5.19. The molecular formula is C22H23F6N3O. The van der Waals surface area contributed by atoms with Crippen LogP contribution in [0.2, 0.25) is 0 Å². The molecule has 4 nitrogen and oxygen atoms in total. The van der Waals surface area contributed by atoms with Crippen LogP contribution in [0.25, 0.3) is 0 Å². The molecule has 10 heteroatoms. The number of fused-ring (bicyclic) bond motifs is 1. The van der Waals surface area contributed by atoms with Gasteiger partial charge in [0.05, 0.1) is 17.6 Å². The Balaban J connectivity index is 1.78. The molecule has 0 spiro atoms. The van der Waals surface area contributed by atoms with Gasteiger partial charge in [0.25, 0.3) is 0 Å². The molecule has 1 heterocycles. The van der Waals surface area contributed by atoms with Gasteiger partial charge in [0.2, 0.25) is 5.91 Å². The summed E-state index contributed by atoms with van der Waals surface area (Å²) in [5.74, 6) is -4.70. The first-order chi connectivity index (χ1) is 14.7. The second-order valence-corrected chi connectivity index (χ2v) is 8.96. The van der Waals surface area contributed by atoms with Crippen LogP contribution in [0.3, 0.4) is 0 Å². The third-order valence-corrected chi connectivity index (χ3v) is 5.37. The molecule has 0 bridgehead atoms. The van der Waals surface area contributed by atoms with Gasteiger partial charge < -0.3 is 10.2 Å². The third kappa shape index (κ3) is 4.68. The van der Waals surface area contributed by atoms with E-state index in [9.17, 15) is 31.1 Å². The molecule has 0 saturated heterocycles. The number of alkyl halides is 3. The van der Waals surface area contributed by atoms with Crippen LogP contribution in [0.5, 0.6) is 0 Å². The smallest absolute Gasteiger partial charge is 0.380 e. The first-order valence-corrected chi connectivity index (χ1v) is 9.92. The average molecular weight is 459 g/mol. The predicted molar refractivity (Wildman–Crippen MR) is 106 cm³/mol. The van der Waals surface area contributed by atoms with E-state index in [4.69, 9.17) is 0 Å². The average Bonchev–Trinajstić information content (AvgIpc) is 3.07. The van der Waals surface area contributed by atoms with E-state index in [1.54, 1.807) is 0 Å². The van der Waals surface area contributed by atoms with Crippen molar-refractivity contribution < 1.29 is 31.1 Å². The van der Waals surface area contributed by atoms with Crippen molar-refractivity contribution in [2.75, 3.05) is 12.4 Å². The number of hydrogen-bond acceptors (Lipinski definition) is 3. The summed E-state index contributed by atoms with van der Waals surface area (Å²) in [5.41, 5.74) is -0.592. The molecule has 0 fully saturated rings. The van der Waals surface area contributed by atoms with Crippen LogP contribution < -0.4 is 5.32 Å². The van der Waals surface area contributed by atoms with Crippen molar-refractivity contribution >= 4 is 11.6 Å². The van der Waals surface area contributed by atoms with Gasteiger partial charge in [-0.2, -0.15) is 13.2 Å². The fourth-order valence-electron chi connectivity index (χ4n) is 3.89. The lowest BCUT2D eigenvalue weighted by Crippen LogP contribution is -2.44. The number of carbonyl (C=O) groups excluding carboxylic acids is 1. The molecule has 0 aliphatic heterocycles. The number of pyridine rings is 1. The van der Waals surface area contributed by atoms with E-state index in [0.717, 1.165) is 19.2 Å². The molecule has 1 aromatic heterocycles. The lowest BCUT2D eigenvalue weighted by Gasteiger charge is -2.33. The molecule has 1 amide bonds. The van der Waals surface area contributed by atoms with Crippen LogP contribution in [-0.2, 0) is 17.6 Å². The fourth-order valence-corrected chi connectivity index (χ4v) is 3.89. The van der Waals surface area contributed by atoms with Gasteiger partial charge in [-0.3, -0.25) is 9.78 Å². The molecular weight excluding hydrogens is 436 g/mol. The zero-order valence-corrected chi connectivity index (χ0v) is 17.9. The molecule has 3 rings (SSSR count). The van der Waals surface area contributed by atoms with Crippen molar-refractivity contribution in [3.8, 4) is 0 Å². The number of rotatable bonds is 4. The van der Waals surface area contributed by atoms with E-state index < -0.39 is 47.0 Å². The molecule has 174 valence electrons. The monoisotopic (exact) mass is 459 g/mol. The summed E-state index contributed by atoms with van der Waals surface area (Å²) in [6, 6.07) is 0.856. The lowest BCUT2D eigenvalue weighted by atomic mass is 9.93. The normalized spacial score (nSPS) is 17.1. The molecule has 1 aliphatic rings. The van der Waals surface area contributed by atoms with Crippen LogP contribution in [0.15, 0.2) is 24.4 Å². The zero-order valence-electron chi connectivity index (χ0n) is 17.9. The Bertz CT molecular complexity index is 1010. The van der Waals surface area contributed by atoms with Crippen molar-refractivity contribution in [2.45, 2.75) is 51.9 Å². The summed E-state index contributed by atoms with van der Waals surface area (Å²) in [6.45, 7) is 4.58. The number of anilines is 1. The number of aromatic nitrogens is 1. The van der Waals surface area contributed by atoms with Crippen LogP contribution in [-0.4, -0.2) is 35.1 Å². The van der Waals surface area contributed by atoms with Crippen LogP contribution in [0.1, 0.15) is 43.6 Å². The van der Waals surface area contributed by atoms with Gasteiger partial charge in [-0.1, -0.05) is 20.8 Å². The number of hydrogen-bond donors (Lipinski definition) is 1. The summed E-state index contributed by atoms with van der Waals surface area (Å²) in [4.78, 5) is 16.9. The summed E-state index contributed by atoms with van der Waals surface area (Å²) in [6.07, 6.45) is -3.24. The molecule has 1 aromatic carbocycles. The topological polar surface area (TPSA) is 45.2 Å². The largest absolute Gasteiger partial charge is 0.414 e. The zero-order chi connectivity index (χ0) is 24.0. The minimum absolute atomic E-state index is 0.0745. The van der Waals surface area contributed by atoms with Crippen molar-refractivity contribution in [3.05, 3.63) is 58.7 Å². The first-order valence-electron chi connectivity index (χ1n) is 9.92. The molecule has 2 atom stereocenters. The molecule has 0 saturated carbocycles. The summed E-state index contributed by atoms with van der Waals surface area (Å²) >= 11 is 0. The maximum atomic E-state index is 14.0. The second kappa shape index (κ2) is 8.29. The number of carbonyl (C=O) groups is 1. The number of benzene rings is 1. The Morgan fingerprint density at radius 1 is 1.12 bits per heavy atom. The van der Waals surface area contributed by atoms with Crippen molar-refractivity contribution in [1.29, 1.82) is 0 Å². The Hall–Kier alpha value is -2.78. The van der Waals surface area contributed by atoms with Gasteiger partial charge >= 0.3 is 6.18 Å². The number of nitrogens with one attached hydrogen (secondary N) is 1. The van der Waals surface area contributed by atoms with Crippen molar-refractivity contribution in [3.63, 3.8) is 0 Å². The third-order valence-electron chi connectivity index (χ3n) is 5.37. The van der Waals surface area contributed by atoms with Gasteiger partial charge in [0, 0.05) is 18.5 Å². The molecule has 32 heavy (non-hydrogen) atoms. The van der Waals surface area contributed by atoms with Crippen LogP contribution in [0, 0.1) is 22.9 Å². The summed E-state index contributed by atoms with van der Waals surface area (Å²) in [5, 5.41) is 3.00. The Kier molecular flexibility index (Phi) is 6.19. The van der Waals surface area contributed by atoms with E-state index in [2.05, 4.69) is 10.3 Å². The molecule has 0 radical (unpaired) electrons. The standard InChI is InChI=1S/C22H23F6N3O/c1-21(2,3)20(32)31(4)19(22(26,27)28)16-6-5-12(10-29-16)30-13-7-11-8-15(23)18(25)17(24)14(11)9-13/h5-6,8,10,13,19,30H,7,9H2,1-4H3. The first kappa shape index (κ1) is 23.9. The second-order valence-electron chi connectivity index (χ2n) is 8.96. The van der Waals surface area contributed by atoms with Gasteiger partial charge in [0.1, 0.15) is 0 Å². The Morgan fingerprint density at radius 3 is 2.31 bits per heavy atom. The lowest BCUT2D eigenvalue weighted by molar-refractivity contribution is -0.192. The summed E-state index contributed by atoms with van der Waals surface area (Å²) < 4.78 is 82.1. The van der Waals surface area contributed by atoms with Gasteiger partial charge in [-0.15, -0.1) is 0 Å². The molecule has 1 aliphatic carbocycles. The van der Waals surface area contributed by atoms with Gasteiger partial charge in [-0.25, -0.2) is 13.2 Å². The Morgan fingerprint density at radius 2 is 1.78 bits per heavy atom. The molecule has 2 unspecified atom stereocenters. The van der Waals surface area contributed by atoms with Crippen molar-refractivity contribution in [2.24, 2.45) is 5.41 Å². The van der Waals surface area contributed by atoms with Gasteiger partial charge in [0.15, 0.2) is 23.5 Å². The minimum atomic E-state index is -4.74. The van der Waals surface area contributed by atoms with E-state index in [0.29, 0.717) is 16.2 Å². The quantitative estimate of drug-likeness (QED) is 0.506. The number of nitrogens with zero attached hydrogens (tertiary/aromatic N) is 2. The minimum Gasteiger partial charge on any atom is -0.380 e. The molecule has 2 aromatic rings.